The molecule has 0 atom stereocenters. The Balaban J connectivity index is 1.91. The summed E-state index contributed by atoms with van der Waals surface area (Å²) in [4.78, 5) is 27.9. The van der Waals surface area contributed by atoms with Crippen molar-refractivity contribution in [2.45, 2.75) is 32.7 Å². The molecule has 0 saturated heterocycles. The van der Waals surface area contributed by atoms with Crippen molar-refractivity contribution in [1.29, 1.82) is 0 Å². The van der Waals surface area contributed by atoms with E-state index in [1.165, 1.54) is 10.2 Å². The fourth-order valence-electron chi connectivity index (χ4n) is 3.59. The minimum atomic E-state index is -0.161. The molecule has 2 aromatic carbocycles. The number of rotatable bonds is 2. The highest BCUT2D eigenvalue weighted by Gasteiger charge is 2.27. The van der Waals surface area contributed by atoms with Crippen LogP contribution in [0.2, 0.25) is 0 Å². The van der Waals surface area contributed by atoms with Crippen LogP contribution >= 0.6 is 0 Å². The van der Waals surface area contributed by atoms with Crippen LogP contribution < -0.4 is 10.5 Å². The third-order valence-electron chi connectivity index (χ3n) is 4.88. The van der Waals surface area contributed by atoms with Crippen LogP contribution in [0.4, 0.5) is 5.69 Å². The number of anilines is 1. The van der Waals surface area contributed by atoms with Gasteiger partial charge in [-0.25, -0.2) is 4.68 Å². The van der Waals surface area contributed by atoms with Gasteiger partial charge in [0.25, 0.3) is 11.5 Å². The Kier molecular flexibility index (Phi) is 4.07. The lowest BCUT2D eigenvalue weighted by atomic mass is 10.0. The molecule has 0 radical (unpaired) electrons. The van der Waals surface area contributed by atoms with Crippen molar-refractivity contribution < 1.29 is 4.79 Å². The first kappa shape index (κ1) is 16.5. The maximum atomic E-state index is 13.4. The summed E-state index contributed by atoms with van der Waals surface area (Å²) < 4.78 is 1.41. The molecule has 2 heterocycles. The number of nitrogens with zero attached hydrogens (tertiary/aromatic N) is 3. The maximum absolute atomic E-state index is 13.4. The van der Waals surface area contributed by atoms with Crippen LogP contribution in [0.15, 0.2) is 53.3 Å². The predicted molar refractivity (Wildman–Crippen MR) is 103 cm³/mol. The Morgan fingerprint density at radius 2 is 1.73 bits per heavy atom. The zero-order chi connectivity index (χ0) is 18.3. The van der Waals surface area contributed by atoms with Gasteiger partial charge in [-0.2, -0.15) is 5.10 Å². The second-order valence-corrected chi connectivity index (χ2v) is 6.93. The van der Waals surface area contributed by atoms with Crippen LogP contribution in [0.5, 0.6) is 0 Å². The summed E-state index contributed by atoms with van der Waals surface area (Å²) in [7, 11) is 0. The van der Waals surface area contributed by atoms with E-state index in [9.17, 15) is 9.59 Å². The third kappa shape index (κ3) is 2.60. The molecule has 132 valence electrons. The summed E-state index contributed by atoms with van der Waals surface area (Å²) >= 11 is 0. The monoisotopic (exact) mass is 347 g/mol. The summed E-state index contributed by atoms with van der Waals surface area (Å²) in [6.07, 6.45) is 1.89. The topological polar surface area (TPSA) is 55.2 Å². The Labute approximate surface area is 151 Å². The highest BCUT2D eigenvalue weighted by Crippen LogP contribution is 2.29. The largest absolute Gasteiger partial charge is 0.307 e. The van der Waals surface area contributed by atoms with Gasteiger partial charge in [-0.15, -0.1) is 0 Å². The summed E-state index contributed by atoms with van der Waals surface area (Å²) in [5, 5.41) is 5.61. The Morgan fingerprint density at radius 1 is 1.04 bits per heavy atom. The van der Waals surface area contributed by atoms with E-state index in [-0.39, 0.29) is 17.5 Å². The van der Waals surface area contributed by atoms with E-state index in [1.807, 2.05) is 44.2 Å². The zero-order valence-corrected chi connectivity index (χ0v) is 15.0. The number of aryl methyl sites for hydroxylation is 1. The van der Waals surface area contributed by atoms with Crippen molar-refractivity contribution in [3.05, 3.63) is 70.1 Å². The number of aromatic nitrogens is 2. The fourth-order valence-corrected chi connectivity index (χ4v) is 3.59. The lowest BCUT2D eigenvalue weighted by Gasteiger charge is -2.29. The number of carbonyl (C=O) groups excluding carboxylic acids is 1. The molecule has 1 aromatic heterocycles. The number of amides is 1. The van der Waals surface area contributed by atoms with Crippen molar-refractivity contribution in [3.8, 4) is 0 Å². The van der Waals surface area contributed by atoms with Gasteiger partial charge in [0, 0.05) is 17.6 Å². The SMILES string of the molecule is CC(C)n1nc(C(=O)N2CCCc3ccccc32)c2ccccc2c1=O. The van der Waals surface area contributed by atoms with E-state index in [1.54, 1.807) is 17.0 Å². The predicted octanol–water partition coefficient (Wildman–Crippen LogP) is 3.57. The van der Waals surface area contributed by atoms with Crippen molar-refractivity contribution in [1.82, 2.24) is 9.78 Å². The molecule has 26 heavy (non-hydrogen) atoms. The van der Waals surface area contributed by atoms with Crippen molar-refractivity contribution in [2.24, 2.45) is 0 Å². The second kappa shape index (κ2) is 6.41. The lowest BCUT2D eigenvalue weighted by molar-refractivity contribution is 0.0979. The molecular formula is C21H21N3O2. The highest BCUT2D eigenvalue weighted by atomic mass is 16.2. The van der Waals surface area contributed by atoms with E-state index < -0.39 is 0 Å². The first-order valence-electron chi connectivity index (χ1n) is 8.99. The van der Waals surface area contributed by atoms with Crippen molar-refractivity contribution in [2.75, 3.05) is 11.4 Å². The smallest absolute Gasteiger partial charge is 0.279 e. The molecule has 0 bridgehead atoms. The molecule has 1 amide bonds. The molecule has 5 heteroatoms. The number of hydrogen-bond acceptors (Lipinski definition) is 3. The first-order chi connectivity index (χ1) is 12.6. The summed E-state index contributed by atoms with van der Waals surface area (Å²) in [5.41, 5.74) is 2.29. The number of para-hydroxylation sites is 1. The van der Waals surface area contributed by atoms with Crippen LogP contribution in [0.3, 0.4) is 0 Å². The molecule has 0 aliphatic carbocycles. The minimum absolute atomic E-state index is 0.118. The van der Waals surface area contributed by atoms with E-state index in [2.05, 4.69) is 11.2 Å². The number of fused-ring (bicyclic) bond motifs is 2. The maximum Gasteiger partial charge on any atom is 0.279 e. The first-order valence-corrected chi connectivity index (χ1v) is 8.99. The van der Waals surface area contributed by atoms with E-state index >= 15 is 0 Å². The Morgan fingerprint density at radius 3 is 2.50 bits per heavy atom. The molecule has 3 aromatic rings. The van der Waals surface area contributed by atoms with Gasteiger partial charge in [0.1, 0.15) is 0 Å². The number of hydrogen-bond donors (Lipinski definition) is 0. The molecule has 4 rings (SSSR count). The van der Waals surface area contributed by atoms with Gasteiger partial charge >= 0.3 is 0 Å². The second-order valence-electron chi connectivity index (χ2n) is 6.93. The molecular weight excluding hydrogens is 326 g/mol. The van der Waals surface area contributed by atoms with Gasteiger partial charge in [0.2, 0.25) is 0 Å². The average Bonchev–Trinajstić information content (AvgIpc) is 2.67. The van der Waals surface area contributed by atoms with Gasteiger partial charge in [-0.3, -0.25) is 9.59 Å². The summed E-state index contributed by atoms with van der Waals surface area (Å²) in [6.45, 7) is 4.45. The van der Waals surface area contributed by atoms with Crippen molar-refractivity contribution in [3.63, 3.8) is 0 Å². The van der Waals surface area contributed by atoms with Gasteiger partial charge in [0.05, 0.1) is 11.4 Å². The fraction of sp³-hybridized carbons (Fsp3) is 0.286. The molecule has 0 unspecified atom stereocenters. The average molecular weight is 347 g/mol. The molecule has 5 nitrogen and oxygen atoms in total. The Bertz CT molecular complexity index is 1050. The van der Waals surface area contributed by atoms with Gasteiger partial charge in [-0.1, -0.05) is 36.4 Å². The van der Waals surface area contributed by atoms with Crippen LogP contribution in [-0.2, 0) is 6.42 Å². The molecule has 0 saturated carbocycles. The van der Waals surface area contributed by atoms with Crippen LogP contribution in [0.1, 0.15) is 42.4 Å². The standard InChI is InChI=1S/C21H21N3O2/c1-14(2)24-20(25)17-11-5-4-10-16(17)19(22-24)21(26)23-13-7-9-15-8-3-6-12-18(15)23/h3-6,8,10-12,14H,7,9,13H2,1-2H3. The lowest BCUT2D eigenvalue weighted by Crippen LogP contribution is -2.38. The van der Waals surface area contributed by atoms with E-state index in [4.69, 9.17) is 0 Å². The van der Waals surface area contributed by atoms with Gasteiger partial charge < -0.3 is 4.90 Å². The highest BCUT2D eigenvalue weighted by molar-refractivity contribution is 6.12. The summed E-state index contributed by atoms with van der Waals surface area (Å²) in [6, 6.07) is 15.1. The Hall–Kier alpha value is -2.95. The quantitative estimate of drug-likeness (QED) is 0.712. The van der Waals surface area contributed by atoms with E-state index in [0.717, 1.165) is 18.5 Å². The van der Waals surface area contributed by atoms with Crippen LogP contribution in [0.25, 0.3) is 10.8 Å². The third-order valence-corrected chi connectivity index (χ3v) is 4.88. The van der Waals surface area contributed by atoms with Gasteiger partial charge in [-0.05, 0) is 44.4 Å². The molecule has 0 spiro atoms. The van der Waals surface area contributed by atoms with E-state index in [0.29, 0.717) is 23.0 Å². The summed E-state index contributed by atoms with van der Waals surface area (Å²) in [5.74, 6) is -0.150. The normalized spacial score (nSPS) is 13.9. The molecule has 1 aliphatic heterocycles. The van der Waals surface area contributed by atoms with Crippen LogP contribution in [0, 0.1) is 0 Å². The molecule has 0 fully saturated rings. The molecule has 1 aliphatic rings. The minimum Gasteiger partial charge on any atom is -0.307 e. The van der Waals surface area contributed by atoms with Crippen LogP contribution in [-0.4, -0.2) is 22.2 Å². The zero-order valence-electron chi connectivity index (χ0n) is 15.0. The number of benzene rings is 2. The van der Waals surface area contributed by atoms with Gasteiger partial charge in [0.15, 0.2) is 5.69 Å². The molecule has 0 N–H and O–H groups in total. The number of carbonyl (C=O) groups is 1. The van der Waals surface area contributed by atoms with Crippen molar-refractivity contribution >= 4 is 22.4 Å².